The third-order valence-electron chi connectivity index (χ3n) is 2.91. The molecule has 1 atom stereocenters. The summed E-state index contributed by atoms with van der Waals surface area (Å²) in [4.78, 5) is 0. The van der Waals surface area contributed by atoms with Crippen molar-refractivity contribution in [2.75, 3.05) is 7.05 Å². The first-order chi connectivity index (χ1) is 9.43. The molecule has 20 heavy (non-hydrogen) atoms. The summed E-state index contributed by atoms with van der Waals surface area (Å²) in [6, 6.07) is 5.32. The first kappa shape index (κ1) is 15.4. The molecule has 1 N–H and O–H groups in total. The van der Waals surface area contributed by atoms with Crippen LogP contribution in [0.1, 0.15) is 17.2 Å². The summed E-state index contributed by atoms with van der Waals surface area (Å²) >= 11 is 8.59. The molecule has 0 bridgehead atoms. The lowest BCUT2D eigenvalue weighted by Crippen LogP contribution is -2.20. The average molecular weight is 365 g/mol. The van der Waals surface area contributed by atoms with Gasteiger partial charge in [-0.25, -0.2) is 13.2 Å². The third kappa shape index (κ3) is 3.00. The molecule has 6 heteroatoms. The number of rotatable bonds is 3. The van der Waals surface area contributed by atoms with Gasteiger partial charge in [0.25, 0.3) is 0 Å². The molecule has 0 fully saturated rings. The summed E-state index contributed by atoms with van der Waals surface area (Å²) in [5.74, 6) is -1.83. The van der Waals surface area contributed by atoms with E-state index in [2.05, 4.69) is 21.2 Å². The molecule has 2 aromatic rings. The summed E-state index contributed by atoms with van der Waals surface area (Å²) in [6.07, 6.45) is 0. The van der Waals surface area contributed by atoms with Gasteiger partial charge < -0.3 is 5.32 Å². The van der Waals surface area contributed by atoms with Gasteiger partial charge in [-0.05, 0) is 47.2 Å². The lowest BCUT2D eigenvalue weighted by molar-refractivity contribution is 0.535. The van der Waals surface area contributed by atoms with Crippen molar-refractivity contribution < 1.29 is 13.2 Å². The van der Waals surface area contributed by atoms with Crippen molar-refractivity contribution in [1.29, 1.82) is 0 Å². The fraction of sp³-hybridized carbons (Fsp3) is 0.143. The zero-order valence-electron chi connectivity index (χ0n) is 10.4. The van der Waals surface area contributed by atoms with Gasteiger partial charge in [-0.3, -0.25) is 0 Å². The highest BCUT2D eigenvalue weighted by Crippen LogP contribution is 2.30. The van der Waals surface area contributed by atoms with E-state index in [4.69, 9.17) is 11.6 Å². The number of halogens is 5. The molecule has 0 amide bonds. The van der Waals surface area contributed by atoms with Crippen LogP contribution in [0.25, 0.3) is 0 Å². The summed E-state index contributed by atoms with van der Waals surface area (Å²) in [5.41, 5.74) is 0.215. The van der Waals surface area contributed by atoms with Crippen molar-refractivity contribution in [1.82, 2.24) is 5.32 Å². The molecule has 1 unspecified atom stereocenters. The van der Waals surface area contributed by atoms with Crippen LogP contribution in [0, 0.1) is 17.5 Å². The molecule has 0 aliphatic heterocycles. The van der Waals surface area contributed by atoms with Gasteiger partial charge in [0.05, 0.1) is 10.5 Å². The molecule has 0 aromatic heterocycles. The Morgan fingerprint density at radius 1 is 1.00 bits per heavy atom. The first-order valence-electron chi connectivity index (χ1n) is 5.70. The van der Waals surface area contributed by atoms with E-state index in [0.717, 1.165) is 18.2 Å². The molecule has 0 aliphatic carbocycles. The maximum Gasteiger partial charge on any atom is 0.137 e. The Hall–Kier alpha value is -1.04. The molecule has 0 saturated carbocycles. The lowest BCUT2D eigenvalue weighted by atomic mass is 9.97. The predicted octanol–water partition coefficient (Wildman–Crippen LogP) is 4.83. The number of benzene rings is 2. The van der Waals surface area contributed by atoms with Crippen molar-refractivity contribution in [3.63, 3.8) is 0 Å². The van der Waals surface area contributed by atoms with Crippen molar-refractivity contribution in [3.8, 4) is 0 Å². The largest absolute Gasteiger partial charge is 0.309 e. The van der Waals surface area contributed by atoms with Crippen LogP contribution in [0.4, 0.5) is 13.2 Å². The van der Waals surface area contributed by atoms with Crippen LogP contribution >= 0.6 is 27.5 Å². The van der Waals surface area contributed by atoms with Crippen molar-refractivity contribution in [3.05, 3.63) is 68.4 Å². The van der Waals surface area contributed by atoms with Crippen molar-refractivity contribution in [2.45, 2.75) is 6.04 Å². The SMILES string of the molecule is CNC(c1ccc(Cl)cc1F)c1cc(F)c(Br)cc1F. The maximum absolute atomic E-state index is 14.0. The minimum absolute atomic E-state index is 0.0187. The van der Waals surface area contributed by atoms with Crippen LogP contribution in [0.2, 0.25) is 5.02 Å². The van der Waals surface area contributed by atoms with E-state index < -0.39 is 23.5 Å². The van der Waals surface area contributed by atoms with E-state index in [9.17, 15) is 13.2 Å². The molecule has 1 nitrogen and oxygen atoms in total. The molecule has 106 valence electrons. The summed E-state index contributed by atoms with van der Waals surface area (Å²) in [6.45, 7) is 0. The molecule has 0 heterocycles. The second-order valence-electron chi connectivity index (χ2n) is 4.18. The van der Waals surface area contributed by atoms with Gasteiger partial charge in [0.15, 0.2) is 0 Å². The highest BCUT2D eigenvalue weighted by molar-refractivity contribution is 9.10. The van der Waals surface area contributed by atoms with Crippen LogP contribution in [0.5, 0.6) is 0 Å². The quantitative estimate of drug-likeness (QED) is 0.769. The van der Waals surface area contributed by atoms with Crippen LogP contribution < -0.4 is 5.32 Å². The highest BCUT2D eigenvalue weighted by Gasteiger charge is 2.21. The van der Waals surface area contributed by atoms with Gasteiger partial charge in [0.2, 0.25) is 0 Å². The molecule has 0 aliphatic rings. The maximum atomic E-state index is 14.0. The van der Waals surface area contributed by atoms with Gasteiger partial charge in [-0.1, -0.05) is 17.7 Å². The second kappa shape index (κ2) is 6.16. The molecular weight excluding hydrogens is 355 g/mol. The standard InChI is InChI=1S/C14H10BrClF3N/c1-20-14(8-3-2-7(16)4-11(8)17)9-5-13(19)10(15)6-12(9)18/h2-6,14,20H,1H3. The van der Waals surface area contributed by atoms with E-state index >= 15 is 0 Å². The molecule has 2 aromatic carbocycles. The normalized spacial score (nSPS) is 12.5. The molecule has 0 spiro atoms. The zero-order chi connectivity index (χ0) is 14.9. The summed E-state index contributed by atoms with van der Waals surface area (Å²) < 4.78 is 41.5. The number of nitrogens with one attached hydrogen (secondary N) is 1. The van der Waals surface area contributed by atoms with Gasteiger partial charge >= 0.3 is 0 Å². The monoisotopic (exact) mass is 363 g/mol. The van der Waals surface area contributed by atoms with Crippen molar-refractivity contribution >= 4 is 27.5 Å². The topological polar surface area (TPSA) is 12.0 Å². The fourth-order valence-corrected chi connectivity index (χ4v) is 2.45. The van der Waals surface area contributed by atoms with Gasteiger partial charge in [-0.15, -0.1) is 0 Å². The van der Waals surface area contributed by atoms with Gasteiger partial charge in [0.1, 0.15) is 17.5 Å². The van der Waals surface area contributed by atoms with Crippen LogP contribution in [0.3, 0.4) is 0 Å². The van der Waals surface area contributed by atoms with E-state index in [1.807, 2.05) is 0 Å². The second-order valence-corrected chi connectivity index (χ2v) is 5.47. The average Bonchev–Trinajstić information content (AvgIpc) is 2.38. The Balaban J connectivity index is 2.55. The fourth-order valence-electron chi connectivity index (χ4n) is 1.97. The van der Waals surface area contributed by atoms with E-state index in [-0.39, 0.29) is 20.6 Å². The van der Waals surface area contributed by atoms with Crippen LogP contribution in [0.15, 0.2) is 34.8 Å². The Kier molecular flexibility index (Phi) is 4.73. The minimum Gasteiger partial charge on any atom is -0.309 e. The van der Waals surface area contributed by atoms with Gasteiger partial charge in [0, 0.05) is 16.1 Å². The molecule has 0 radical (unpaired) electrons. The van der Waals surface area contributed by atoms with E-state index in [0.29, 0.717) is 0 Å². The Labute approximate surface area is 127 Å². The Morgan fingerprint density at radius 2 is 1.65 bits per heavy atom. The number of hydrogen-bond acceptors (Lipinski definition) is 1. The van der Waals surface area contributed by atoms with E-state index in [1.54, 1.807) is 0 Å². The Morgan fingerprint density at radius 3 is 2.25 bits per heavy atom. The van der Waals surface area contributed by atoms with Crippen LogP contribution in [-0.2, 0) is 0 Å². The third-order valence-corrected chi connectivity index (χ3v) is 3.76. The number of hydrogen-bond donors (Lipinski definition) is 1. The summed E-state index contributed by atoms with van der Waals surface area (Å²) in [5, 5.41) is 3.02. The molecule has 2 rings (SSSR count). The summed E-state index contributed by atoms with van der Waals surface area (Å²) in [7, 11) is 1.54. The highest BCUT2D eigenvalue weighted by atomic mass is 79.9. The lowest BCUT2D eigenvalue weighted by Gasteiger charge is -2.19. The zero-order valence-corrected chi connectivity index (χ0v) is 12.7. The van der Waals surface area contributed by atoms with Crippen molar-refractivity contribution in [2.24, 2.45) is 0 Å². The smallest absolute Gasteiger partial charge is 0.137 e. The first-order valence-corrected chi connectivity index (χ1v) is 6.87. The van der Waals surface area contributed by atoms with E-state index in [1.165, 1.54) is 19.2 Å². The van der Waals surface area contributed by atoms with Crippen LogP contribution in [-0.4, -0.2) is 7.05 Å². The molecule has 0 saturated heterocycles. The predicted molar refractivity (Wildman–Crippen MR) is 76.4 cm³/mol. The molecular formula is C14H10BrClF3N. The Bertz CT molecular complexity index is 649. The minimum atomic E-state index is -0.810. The van der Waals surface area contributed by atoms with Gasteiger partial charge in [-0.2, -0.15) is 0 Å².